The Morgan fingerprint density at radius 1 is 1.24 bits per heavy atom. The maximum Gasteiger partial charge on any atom is 0.188 e. The molecule has 4 heteroatoms. The van der Waals surface area contributed by atoms with Crippen LogP contribution in [-0.4, -0.2) is 16.5 Å². The van der Waals surface area contributed by atoms with Crippen molar-refractivity contribution in [3.63, 3.8) is 0 Å². The topological polar surface area (TPSA) is 51.8 Å². The smallest absolute Gasteiger partial charge is 0.188 e. The molecule has 0 spiro atoms. The van der Waals surface area contributed by atoms with Crippen LogP contribution in [0, 0.1) is 6.92 Å². The Kier molecular flexibility index (Phi) is 4.12. The molecule has 0 aliphatic carbocycles. The Morgan fingerprint density at radius 3 is 2.65 bits per heavy atom. The van der Waals surface area contributed by atoms with Gasteiger partial charge >= 0.3 is 0 Å². The van der Waals surface area contributed by atoms with Crippen molar-refractivity contribution in [3.05, 3.63) is 53.9 Å². The summed E-state index contributed by atoms with van der Waals surface area (Å²) >= 11 is 1.61. The first-order valence-corrected chi connectivity index (χ1v) is 6.39. The summed E-state index contributed by atoms with van der Waals surface area (Å²) < 4.78 is 0. The van der Waals surface area contributed by atoms with Gasteiger partial charge in [0.1, 0.15) is 0 Å². The summed E-state index contributed by atoms with van der Waals surface area (Å²) in [6.45, 7) is 2.54. The molecule has 2 N–H and O–H groups in total. The van der Waals surface area contributed by atoms with Crippen molar-refractivity contribution in [2.75, 3.05) is 6.54 Å². The maximum atomic E-state index is 5.81. The van der Waals surface area contributed by atoms with E-state index in [2.05, 4.69) is 22.1 Å². The maximum absolute atomic E-state index is 5.81. The molecule has 0 radical (unpaired) electrons. The van der Waals surface area contributed by atoms with Gasteiger partial charge in [0.25, 0.3) is 0 Å². The summed E-state index contributed by atoms with van der Waals surface area (Å²) in [4.78, 5) is 8.63. The normalized spacial score (nSPS) is 12.4. The molecule has 0 fully saturated rings. The molecule has 1 aromatic carbocycles. The van der Waals surface area contributed by atoms with Gasteiger partial charge < -0.3 is 5.73 Å². The zero-order chi connectivity index (χ0) is 12.1. The lowest BCUT2D eigenvalue weighted by atomic mass is 10.1. The molecule has 0 aliphatic heterocycles. The van der Waals surface area contributed by atoms with Gasteiger partial charge in [-0.1, -0.05) is 42.1 Å². The van der Waals surface area contributed by atoms with E-state index in [0.717, 1.165) is 10.9 Å². The molecule has 0 amide bonds. The van der Waals surface area contributed by atoms with Gasteiger partial charge in [-0.05, 0) is 18.6 Å². The Bertz CT molecular complexity index is 473. The quantitative estimate of drug-likeness (QED) is 0.664. The van der Waals surface area contributed by atoms with Crippen LogP contribution in [-0.2, 0) is 0 Å². The first kappa shape index (κ1) is 12.1. The summed E-state index contributed by atoms with van der Waals surface area (Å²) in [7, 11) is 0. The first-order valence-electron chi connectivity index (χ1n) is 5.51. The van der Waals surface area contributed by atoms with E-state index in [1.54, 1.807) is 18.0 Å². The fourth-order valence-electron chi connectivity index (χ4n) is 1.53. The first-order chi connectivity index (χ1) is 8.29. The van der Waals surface area contributed by atoms with E-state index in [4.69, 9.17) is 5.73 Å². The van der Waals surface area contributed by atoms with Crippen LogP contribution in [0.1, 0.15) is 16.5 Å². The Morgan fingerprint density at radius 2 is 2.00 bits per heavy atom. The summed E-state index contributed by atoms with van der Waals surface area (Å²) in [5.74, 6) is 0. The zero-order valence-corrected chi connectivity index (χ0v) is 10.5. The second kappa shape index (κ2) is 5.80. The molecule has 1 unspecified atom stereocenters. The third kappa shape index (κ3) is 3.28. The average Bonchev–Trinajstić information content (AvgIpc) is 2.37. The SMILES string of the molecule is Cc1ccnc(SC(CN)c2ccccc2)n1. The van der Waals surface area contributed by atoms with Crippen molar-refractivity contribution < 1.29 is 0 Å². The number of aromatic nitrogens is 2. The monoisotopic (exact) mass is 245 g/mol. The van der Waals surface area contributed by atoms with Gasteiger partial charge in [-0.3, -0.25) is 0 Å². The highest BCUT2D eigenvalue weighted by molar-refractivity contribution is 7.99. The van der Waals surface area contributed by atoms with Crippen LogP contribution in [0.3, 0.4) is 0 Å². The van der Waals surface area contributed by atoms with Crippen LogP contribution in [0.25, 0.3) is 0 Å². The van der Waals surface area contributed by atoms with E-state index >= 15 is 0 Å². The van der Waals surface area contributed by atoms with E-state index < -0.39 is 0 Å². The van der Waals surface area contributed by atoms with E-state index in [0.29, 0.717) is 6.54 Å². The van der Waals surface area contributed by atoms with Gasteiger partial charge in [0.2, 0.25) is 0 Å². The molecule has 1 heterocycles. The fourth-order valence-corrected chi connectivity index (χ4v) is 2.49. The van der Waals surface area contributed by atoms with Crippen LogP contribution in [0.5, 0.6) is 0 Å². The number of thioether (sulfide) groups is 1. The molecule has 2 rings (SSSR count). The third-order valence-electron chi connectivity index (χ3n) is 2.41. The molecular weight excluding hydrogens is 230 g/mol. The predicted octanol–water partition coefficient (Wildman–Crippen LogP) is 2.58. The minimum absolute atomic E-state index is 0.206. The van der Waals surface area contributed by atoms with E-state index in [9.17, 15) is 0 Å². The van der Waals surface area contributed by atoms with Crippen molar-refractivity contribution in [2.24, 2.45) is 5.73 Å². The van der Waals surface area contributed by atoms with Gasteiger partial charge in [-0.2, -0.15) is 0 Å². The van der Waals surface area contributed by atoms with E-state index in [1.807, 2.05) is 31.2 Å². The Hall–Kier alpha value is -1.39. The minimum Gasteiger partial charge on any atom is -0.329 e. The summed E-state index contributed by atoms with van der Waals surface area (Å²) in [6, 6.07) is 12.1. The molecule has 2 aromatic rings. The van der Waals surface area contributed by atoms with E-state index in [-0.39, 0.29) is 5.25 Å². The van der Waals surface area contributed by atoms with Gasteiger partial charge in [0.05, 0.1) is 0 Å². The minimum atomic E-state index is 0.206. The highest BCUT2D eigenvalue weighted by atomic mass is 32.2. The number of hydrogen-bond acceptors (Lipinski definition) is 4. The van der Waals surface area contributed by atoms with Crippen LogP contribution < -0.4 is 5.73 Å². The van der Waals surface area contributed by atoms with Gasteiger partial charge in [0.15, 0.2) is 5.16 Å². The van der Waals surface area contributed by atoms with Crippen LogP contribution in [0.15, 0.2) is 47.8 Å². The number of rotatable bonds is 4. The molecule has 88 valence electrons. The predicted molar refractivity (Wildman–Crippen MR) is 70.9 cm³/mol. The highest BCUT2D eigenvalue weighted by Crippen LogP contribution is 2.31. The molecule has 1 atom stereocenters. The number of aryl methyl sites for hydroxylation is 1. The zero-order valence-electron chi connectivity index (χ0n) is 9.71. The van der Waals surface area contributed by atoms with E-state index in [1.165, 1.54) is 5.56 Å². The van der Waals surface area contributed by atoms with Crippen molar-refractivity contribution >= 4 is 11.8 Å². The molecule has 3 nitrogen and oxygen atoms in total. The van der Waals surface area contributed by atoms with Gasteiger partial charge in [-0.25, -0.2) is 9.97 Å². The lowest BCUT2D eigenvalue weighted by Crippen LogP contribution is -2.09. The van der Waals surface area contributed by atoms with Crippen LogP contribution in [0.4, 0.5) is 0 Å². The van der Waals surface area contributed by atoms with Crippen molar-refractivity contribution in [3.8, 4) is 0 Å². The third-order valence-corrected chi connectivity index (χ3v) is 3.56. The van der Waals surface area contributed by atoms with Gasteiger partial charge in [0, 0.05) is 23.7 Å². The van der Waals surface area contributed by atoms with Crippen molar-refractivity contribution in [2.45, 2.75) is 17.3 Å². The van der Waals surface area contributed by atoms with Crippen molar-refractivity contribution in [1.29, 1.82) is 0 Å². The number of hydrogen-bond donors (Lipinski definition) is 1. The second-order valence-electron chi connectivity index (χ2n) is 3.73. The molecule has 0 bridgehead atoms. The molecule has 0 aliphatic rings. The average molecular weight is 245 g/mol. The van der Waals surface area contributed by atoms with Crippen LogP contribution >= 0.6 is 11.8 Å². The second-order valence-corrected chi connectivity index (χ2v) is 4.90. The largest absolute Gasteiger partial charge is 0.329 e. The lowest BCUT2D eigenvalue weighted by molar-refractivity contribution is 0.895. The van der Waals surface area contributed by atoms with Crippen LogP contribution in [0.2, 0.25) is 0 Å². The summed E-state index contributed by atoms with van der Waals surface area (Å²) in [5, 5.41) is 0.988. The molecular formula is C13H15N3S. The summed E-state index contributed by atoms with van der Waals surface area (Å²) in [5.41, 5.74) is 8.01. The Labute approximate surface area is 105 Å². The standard InChI is InChI=1S/C13H15N3S/c1-10-7-8-15-13(16-10)17-12(9-14)11-5-3-2-4-6-11/h2-8,12H,9,14H2,1H3. The molecule has 17 heavy (non-hydrogen) atoms. The van der Waals surface area contributed by atoms with Crippen molar-refractivity contribution in [1.82, 2.24) is 9.97 Å². The fraction of sp³-hybridized carbons (Fsp3) is 0.231. The van der Waals surface area contributed by atoms with Gasteiger partial charge in [-0.15, -0.1) is 0 Å². The number of nitrogens with zero attached hydrogens (tertiary/aromatic N) is 2. The molecule has 0 saturated carbocycles. The molecule has 1 aromatic heterocycles. The number of nitrogens with two attached hydrogens (primary N) is 1. The lowest BCUT2D eigenvalue weighted by Gasteiger charge is -2.13. The highest BCUT2D eigenvalue weighted by Gasteiger charge is 2.12. The Balaban J connectivity index is 2.16. The molecule has 0 saturated heterocycles. The summed E-state index contributed by atoms with van der Waals surface area (Å²) in [6.07, 6.45) is 1.78. The number of benzene rings is 1.